The standard InChI is InChI=1S/C21H24N2O5/c1-2-28-21(27)14-17(23-19(24)10-11-20(25)26)13-15-6-8-16(9-7-15)18-5-3-4-12-22-18/h3-9,12,17H,2,10-11,13-14H2,1H3,(H,23,24)(H,25,26)/t17-/m1/s1. The highest BCUT2D eigenvalue weighted by Gasteiger charge is 2.18. The van der Waals surface area contributed by atoms with Crippen molar-refractivity contribution in [1.29, 1.82) is 0 Å². The normalized spacial score (nSPS) is 11.5. The molecular formula is C21H24N2O5. The molecule has 148 valence electrons. The third-order valence-electron chi connectivity index (χ3n) is 4.05. The first-order valence-electron chi connectivity index (χ1n) is 9.15. The van der Waals surface area contributed by atoms with Gasteiger partial charge in [-0.15, -0.1) is 0 Å². The molecule has 0 aliphatic carbocycles. The minimum absolute atomic E-state index is 0.0225. The molecule has 28 heavy (non-hydrogen) atoms. The second-order valence-corrected chi connectivity index (χ2v) is 6.28. The lowest BCUT2D eigenvalue weighted by Gasteiger charge is -2.18. The molecule has 2 rings (SSSR count). The minimum atomic E-state index is -1.04. The van der Waals surface area contributed by atoms with Crippen molar-refractivity contribution in [2.75, 3.05) is 6.61 Å². The second kappa shape index (κ2) is 10.8. The Morgan fingerprint density at radius 2 is 1.86 bits per heavy atom. The third kappa shape index (κ3) is 7.19. The number of esters is 1. The van der Waals surface area contributed by atoms with Crippen molar-refractivity contribution in [3.8, 4) is 11.3 Å². The highest BCUT2D eigenvalue weighted by molar-refractivity contribution is 5.81. The number of benzene rings is 1. The van der Waals surface area contributed by atoms with Crippen LogP contribution in [0.15, 0.2) is 48.7 Å². The summed E-state index contributed by atoms with van der Waals surface area (Å²) in [5.41, 5.74) is 2.77. The van der Waals surface area contributed by atoms with Gasteiger partial charge in [0.1, 0.15) is 0 Å². The van der Waals surface area contributed by atoms with Gasteiger partial charge in [0.15, 0.2) is 0 Å². The summed E-state index contributed by atoms with van der Waals surface area (Å²) in [6.45, 7) is 1.98. The lowest BCUT2D eigenvalue weighted by molar-refractivity contribution is -0.144. The van der Waals surface area contributed by atoms with Crippen LogP contribution in [0.25, 0.3) is 11.3 Å². The number of aromatic nitrogens is 1. The maximum absolute atomic E-state index is 12.0. The van der Waals surface area contributed by atoms with Crippen LogP contribution in [-0.4, -0.2) is 40.6 Å². The number of hydrogen-bond donors (Lipinski definition) is 2. The zero-order valence-corrected chi connectivity index (χ0v) is 15.8. The Hall–Kier alpha value is -3.22. The maximum Gasteiger partial charge on any atom is 0.307 e. The summed E-state index contributed by atoms with van der Waals surface area (Å²) in [5, 5.41) is 11.4. The zero-order chi connectivity index (χ0) is 20.4. The van der Waals surface area contributed by atoms with E-state index in [1.165, 1.54) is 0 Å². The molecule has 0 saturated carbocycles. The molecule has 0 spiro atoms. The summed E-state index contributed by atoms with van der Waals surface area (Å²) in [6.07, 6.45) is 1.80. The van der Waals surface area contributed by atoms with Crippen molar-refractivity contribution >= 4 is 17.8 Å². The van der Waals surface area contributed by atoms with Crippen molar-refractivity contribution in [2.24, 2.45) is 0 Å². The topological polar surface area (TPSA) is 106 Å². The molecule has 1 amide bonds. The van der Waals surface area contributed by atoms with Crippen LogP contribution in [0.5, 0.6) is 0 Å². The lowest BCUT2D eigenvalue weighted by atomic mass is 10.0. The van der Waals surface area contributed by atoms with E-state index in [4.69, 9.17) is 9.84 Å². The molecule has 2 N–H and O–H groups in total. The number of ether oxygens (including phenoxy) is 1. The first kappa shape index (κ1) is 21.1. The van der Waals surface area contributed by atoms with Crippen LogP contribution in [0.3, 0.4) is 0 Å². The SMILES string of the molecule is CCOC(=O)C[C@@H](Cc1ccc(-c2ccccn2)cc1)NC(=O)CCC(=O)O. The van der Waals surface area contributed by atoms with Crippen LogP contribution in [0, 0.1) is 0 Å². The number of hydrogen-bond acceptors (Lipinski definition) is 5. The number of carboxylic acid groups (broad SMARTS) is 1. The molecule has 1 aromatic carbocycles. The number of pyridine rings is 1. The maximum atomic E-state index is 12.0. The largest absolute Gasteiger partial charge is 0.481 e. The van der Waals surface area contributed by atoms with Gasteiger partial charge >= 0.3 is 11.9 Å². The number of carbonyl (C=O) groups is 3. The summed E-state index contributed by atoms with van der Waals surface area (Å²) in [4.78, 5) is 38.8. The predicted octanol–water partition coefficient (Wildman–Crippen LogP) is 2.59. The molecule has 0 aliphatic rings. The summed E-state index contributed by atoms with van der Waals surface area (Å²) in [5.74, 6) is -1.85. The minimum Gasteiger partial charge on any atom is -0.481 e. The summed E-state index contributed by atoms with van der Waals surface area (Å²) in [7, 11) is 0. The van der Waals surface area contributed by atoms with Crippen LogP contribution >= 0.6 is 0 Å². The molecule has 0 radical (unpaired) electrons. The fourth-order valence-corrected chi connectivity index (χ4v) is 2.75. The first-order chi connectivity index (χ1) is 13.5. The number of nitrogens with one attached hydrogen (secondary N) is 1. The molecular weight excluding hydrogens is 360 g/mol. The number of rotatable bonds is 10. The van der Waals surface area contributed by atoms with E-state index >= 15 is 0 Å². The number of carboxylic acids is 1. The molecule has 1 heterocycles. The predicted molar refractivity (Wildman–Crippen MR) is 103 cm³/mol. The van der Waals surface area contributed by atoms with Crippen LogP contribution in [0.1, 0.15) is 31.7 Å². The molecule has 1 atom stereocenters. The Morgan fingerprint density at radius 1 is 1.11 bits per heavy atom. The smallest absolute Gasteiger partial charge is 0.307 e. The molecule has 1 aromatic heterocycles. The van der Waals surface area contributed by atoms with Crippen LogP contribution in [0.4, 0.5) is 0 Å². The van der Waals surface area contributed by atoms with Gasteiger partial charge in [0.25, 0.3) is 0 Å². The quantitative estimate of drug-likeness (QED) is 0.610. The van der Waals surface area contributed by atoms with Gasteiger partial charge in [-0.3, -0.25) is 19.4 Å². The number of carbonyl (C=O) groups excluding carboxylic acids is 2. The van der Waals surface area contributed by atoms with Crippen molar-refractivity contribution in [2.45, 2.75) is 38.6 Å². The summed E-state index contributed by atoms with van der Waals surface area (Å²) < 4.78 is 4.97. The van der Waals surface area contributed by atoms with E-state index in [2.05, 4.69) is 10.3 Å². The molecule has 0 bridgehead atoms. The average molecular weight is 384 g/mol. The van der Waals surface area contributed by atoms with Crippen molar-refractivity contribution < 1.29 is 24.2 Å². The van der Waals surface area contributed by atoms with Crippen molar-refractivity contribution in [1.82, 2.24) is 10.3 Å². The van der Waals surface area contributed by atoms with Gasteiger partial charge in [-0.2, -0.15) is 0 Å². The number of aliphatic carboxylic acids is 1. The molecule has 0 aliphatic heterocycles. The van der Waals surface area contributed by atoms with Crippen molar-refractivity contribution in [3.63, 3.8) is 0 Å². The fourth-order valence-electron chi connectivity index (χ4n) is 2.75. The monoisotopic (exact) mass is 384 g/mol. The van der Waals surface area contributed by atoms with Gasteiger partial charge < -0.3 is 15.2 Å². The zero-order valence-electron chi connectivity index (χ0n) is 15.8. The number of nitrogens with zero attached hydrogens (tertiary/aromatic N) is 1. The molecule has 2 aromatic rings. The summed E-state index contributed by atoms with van der Waals surface area (Å²) >= 11 is 0. The number of amides is 1. The molecule has 7 heteroatoms. The van der Waals surface area contributed by atoms with E-state index in [9.17, 15) is 14.4 Å². The molecule has 0 saturated heterocycles. The first-order valence-corrected chi connectivity index (χ1v) is 9.15. The Kier molecular flexibility index (Phi) is 8.14. The van der Waals surface area contributed by atoms with Crippen LogP contribution in [-0.2, 0) is 25.5 Å². The Morgan fingerprint density at radius 3 is 2.46 bits per heavy atom. The van der Waals surface area contributed by atoms with Gasteiger partial charge in [-0.25, -0.2) is 0 Å². The molecule has 0 fully saturated rings. The lowest BCUT2D eigenvalue weighted by Crippen LogP contribution is -2.38. The Bertz CT molecular complexity index is 790. The van der Waals surface area contributed by atoms with E-state index in [1.807, 2.05) is 42.5 Å². The van der Waals surface area contributed by atoms with Crippen molar-refractivity contribution in [3.05, 3.63) is 54.2 Å². The highest BCUT2D eigenvalue weighted by atomic mass is 16.5. The second-order valence-electron chi connectivity index (χ2n) is 6.28. The molecule has 0 unspecified atom stereocenters. The van der Waals surface area contributed by atoms with Gasteiger partial charge in [-0.1, -0.05) is 30.3 Å². The fraction of sp³-hybridized carbons (Fsp3) is 0.333. The van der Waals surface area contributed by atoms with E-state index in [0.717, 1.165) is 16.8 Å². The Balaban J connectivity index is 2.04. The van der Waals surface area contributed by atoms with E-state index < -0.39 is 23.9 Å². The van der Waals surface area contributed by atoms with Gasteiger partial charge in [-0.05, 0) is 31.0 Å². The average Bonchev–Trinajstić information content (AvgIpc) is 2.68. The van der Waals surface area contributed by atoms with E-state index in [-0.39, 0.29) is 25.9 Å². The highest BCUT2D eigenvalue weighted by Crippen LogP contribution is 2.18. The van der Waals surface area contributed by atoms with E-state index in [1.54, 1.807) is 13.1 Å². The summed E-state index contributed by atoms with van der Waals surface area (Å²) in [6, 6.07) is 12.9. The van der Waals surface area contributed by atoms with Gasteiger partial charge in [0.05, 0.1) is 25.1 Å². The Labute approximate surface area is 163 Å². The molecule has 7 nitrogen and oxygen atoms in total. The van der Waals surface area contributed by atoms with Gasteiger partial charge in [0, 0.05) is 24.2 Å². The van der Waals surface area contributed by atoms with Gasteiger partial charge in [0.2, 0.25) is 5.91 Å². The van der Waals surface area contributed by atoms with Crippen LogP contribution in [0.2, 0.25) is 0 Å². The van der Waals surface area contributed by atoms with E-state index in [0.29, 0.717) is 6.42 Å². The third-order valence-corrected chi connectivity index (χ3v) is 4.05. The van der Waals surface area contributed by atoms with Crippen LogP contribution < -0.4 is 5.32 Å².